The quantitative estimate of drug-likeness (QED) is 0.657. The zero-order chi connectivity index (χ0) is 20.2. The van der Waals surface area contributed by atoms with Gasteiger partial charge in [-0.25, -0.2) is 4.79 Å². The number of carbonyl (C=O) groups excluding carboxylic acids is 1. The Bertz CT molecular complexity index is 1010. The van der Waals surface area contributed by atoms with Gasteiger partial charge in [-0.2, -0.15) is 0 Å². The maximum Gasteiger partial charge on any atom is 0.337 e. The van der Waals surface area contributed by atoms with Crippen LogP contribution in [-0.2, 0) is 4.74 Å². The molecule has 4 rings (SSSR count). The lowest BCUT2D eigenvalue weighted by atomic mass is 9.90. The molecule has 0 aromatic heterocycles. The third-order valence-electron chi connectivity index (χ3n) is 5.30. The Hall–Kier alpha value is -2.85. The summed E-state index contributed by atoms with van der Waals surface area (Å²) in [5.41, 5.74) is 7.29. The van der Waals surface area contributed by atoms with Crippen molar-refractivity contribution in [1.82, 2.24) is 5.32 Å². The molecule has 0 bridgehead atoms. The molecule has 1 aliphatic heterocycles. The van der Waals surface area contributed by atoms with E-state index >= 15 is 0 Å². The van der Waals surface area contributed by atoms with E-state index in [4.69, 9.17) is 21.3 Å². The summed E-state index contributed by atoms with van der Waals surface area (Å²) in [6.07, 6.45) is 14.9. The largest absolute Gasteiger partial charge is 0.465 e. The first kappa shape index (κ1) is 19.5. The van der Waals surface area contributed by atoms with Gasteiger partial charge < -0.3 is 10.1 Å². The third kappa shape index (κ3) is 4.28. The molecule has 3 aliphatic rings. The molecule has 0 saturated heterocycles. The molecule has 1 heterocycles. The summed E-state index contributed by atoms with van der Waals surface area (Å²) in [7, 11) is 1.39. The average Bonchev–Trinajstić information content (AvgIpc) is 2.95. The summed E-state index contributed by atoms with van der Waals surface area (Å²) < 4.78 is 4.80. The fraction of sp³-hybridized carbons (Fsp3) is 0.250. The molecule has 29 heavy (non-hydrogen) atoms. The van der Waals surface area contributed by atoms with Crippen LogP contribution in [-0.4, -0.2) is 19.3 Å². The van der Waals surface area contributed by atoms with E-state index in [2.05, 4.69) is 23.5 Å². The number of nitrogens with one attached hydrogen (secondary N) is 1. The van der Waals surface area contributed by atoms with Gasteiger partial charge in [0.2, 0.25) is 0 Å². The van der Waals surface area contributed by atoms with E-state index in [1.807, 2.05) is 24.4 Å². The minimum Gasteiger partial charge on any atom is -0.465 e. The molecule has 1 N–H and O–H groups in total. The van der Waals surface area contributed by atoms with Crippen molar-refractivity contribution in [2.24, 2.45) is 4.99 Å². The first-order valence-electron chi connectivity index (χ1n) is 9.82. The van der Waals surface area contributed by atoms with Gasteiger partial charge in [0.05, 0.1) is 18.4 Å². The highest BCUT2D eigenvalue weighted by Crippen LogP contribution is 2.36. The number of nitrogens with zero attached hydrogens (tertiary/aromatic N) is 1. The highest BCUT2D eigenvalue weighted by atomic mass is 35.5. The molecule has 0 unspecified atom stereocenters. The Balaban J connectivity index is 1.71. The second-order valence-corrected chi connectivity index (χ2v) is 7.66. The standard InChI is InChI=1S/C24H23ClN2O2/c1-29-24(28)17-8-6-16(7-9-17)23-21-5-3-2-4-20(21)22(14-15-26-23)27-19-12-10-18(25)11-13-19/h3,5-10,12,15,27H,2,4,11,13-14H2,1H3. The molecule has 0 atom stereocenters. The molecule has 5 heteroatoms. The van der Waals surface area contributed by atoms with Gasteiger partial charge in [-0.3, -0.25) is 4.99 Å². The van der Waals surface area contributed by atoms with Crippen LogP contribution < -0.4 is 5.32 Å². The molecule has 0 radical (unpaired) electrons. The maximum atomic E-state index is 11.7. The number of fused-ring (bicyclic) bond motifs is 1. The number of benzene rings is 1. The minimum absolute atomic E-state index is 0.335. The van der Waals surface area contributed by atoms with E-state index in [-0.39, 0.29) is 5.97 Å². The van der Waals surface area contributed by atoms with E-state index in [0.717, 1.165) is 54.0 Å². The third-order valence-corrected chi connectivity index (χ3v) is 5.61. The van der Waals surface area contributed by atoms with Gasteiger partial charge in [0.15, 0.2) is 0 Å². The highest BCUT2D eigenvalue weighted by Gasteiger charge is 2.21. The van der Waals surface area contributed by atoms with Gasteiger partial charge in [0, 0.05) is 40.2 Å². The zero-order valence-corrected chi connectivity index (χ0v) is 17.1. The van der Waals surface area contributed by atoms with Crippen molar-refractivity contribution < 1.29 is 9.53 Å². The van der Waals surface area contributed by atoms with Gasteiger partial charge >= 0.3 is 5.97 Å². The summed E-state index contributed by atoms with van der Waals surface area (Å²) in [6, 6.07) is 7.43. The first-order chi connectivity index (χ1) is 14.2. The lowest BCUT2D eigenvalue weighted by Crippen LogP contribution is -2.17. The number of rotatable bonds is 4. The number of halogens is 1. The van der Waals surface area contributed by atoms with Gasteiger partial charge in [-0.05, 0) is 55.5 Å². The number of carbonyl (C=O) groups is 1. The lowest BCUT2D eigenvalue weighted by molar-refractivity contribution is 0.0600. The van der Waals surface area contributed by atoms with Crippen molar-refractivity contribution in [3.05, 3.63) is 87.3 Å². The van der Waals surface area contributed by atoms with Crippen LogP contribution in [0.15, 0.2) is 81.1 Å². The van der Waals surface area contributed by atoms with E-state index in [1.165, 1.54) is 24.1 Å². The zero-order valence-electron chi connectivity index (χ0n) is 16.4. The molecule has 1 aromatic rings. The molecule has 0 spiro atoms. The fourth-order valence-corrected chi connectivity index (χ4v) is 3.93. The Morgan fingerprint density at radius 2 is 1.97 bits per heavy atom. The number of ether oxygens (including phenoxy) is 1. The van der Waals surface area contributed by atoms with Crippen molar-refractivity contribution >= 4 is 29.5 Å². The van der Waals surface area contributed by atoms with Crippen LogP contribution in [0.4, 0.5) is 0 Å². The van der Waals surface area contributed by atoms with E-state index in [0.29, 0.717) is 5.56 Å². The van der Waals surface area contributed by atoms with E-state index in [9.17, 15) is 4.79 Å². The number of aliphatic imine (C=N–C) groups is 1. The predicted molar refractivity (Wildman–Crippen MR) is 118 cm³/mol. The van der Waals surface area contributed by atoms with Crippen LogP contribution in [0.2, 0.25) is 0 Å². The van der Waals surface area contributed by atoms with Crippen molar-refractivity contribution in [1.29, 1.82) is 0 Å². The number of methoxy groups -OCH3 is 1. The van der Waals surface area contributed by atoms with E-state index in [1.54, 1.807) is 12.1 Å². The van der Waals surface area contributed by atoms with Crippen LogP contribution in [0.3, 0.4) is 0 Å². The second-order valence-electron chi connectivity index (χ2n) is 7.18. The number of hydrogen-bond donors (Lipinski definition) is 1. The molecule has 148 valence electrons. The van der Waals surface area contributed by atoms with Crippen LogP contribution in [0.1, 0.15) is 48.0 Å². The van der Waals surface area contributed by atoms with Crippen molar-refractivity contribution in [2.45, 2.75) is 32.1 Å². The molecule has 1 aromatic carbocycles. The Labute approximate surface area is 176 Å². The number of allylic oxidation sites excluding steroid dienone is 9. The molecule has 0 fully saturated rings. The van der Waals surface area contributed by atoms with E-state index < -0.39 is 0 Å². The smallest absolute Gasteiger partial charge is 0.337 e. The maximum absolute atomic E-state index is 11.7. The van der Waals surface area contributed by atoms with Gasteiger partial charge in [-0.1, -0.05) is 35.9 Å². The van der Waals surface area contributed by atoms with Crippen LogP contribution >= 0.6 is 11.6 Å². The Kier molecular flexibility index (Phi) is 5.81. The van der Waals surface area contributed by atoms with Crippen LogP contribution in [0.5, 0.6) is 0 Å². The SMILES string of the molecule is COC(=O)c1ccc(C2=C3C=CCCC3=C(NC3=CC=C(Cl)CC3)CC=N2)cc1. The molecule has 0 saturated carbocycles. The fourth-order valence-electron chi connectivity index (χ4n) is 3.77. The van der Waals surface area contributed by atoms with Crippen molar-refractivity contribution in [3.8, 4) is 0 Å². The summed E-state index contributed by atoms with van der Waals surface area (Å²) in [5.74, 6) is -0.335. The minimum atomic E-state index is -0.335. The molecular weight excluding hydrogens is 384 g/mol. The lowest BCUT2D eigenvalue weighted by Gasteiger charge is -2.22. The van der Waals surface area contributed by atoms with Crippen molar-refractivity contribution in [3.63, 3.8) is 0 Å². The second kappa shape index (κ2) is 8.66. The topological polar surface area (TPSA) is 50.7 Å². The van der Waals surface area contributed by atoms with Crippen molar-refractivity contribution in [2.75, 3.05) is 7.11 Å². The molecule has 0 amide bonds. The highest BCUT2D eigenvalue weighted by molar-refractivity contribution is 6.29. The summed E-state index contributed by atoms with van der Waals surface area (Å²) in [5, 5.41) is 4.54. The Morgan fingerprint density at radius 3 is 2.69 bits per heavy atom. The summed E-state index contributed by atoms with van der Waals surface area (Å²) >= 11 is 6.10. The summed E-state index contributed by atoms with van der Waals surface area (Å²) in [6.45, 7) is 0. The monoisotopic (exact) mass is 406 g/mol. The first-order valence-corrected chi connectivity index (χ1v) is 10.2. The van der Waals surface area contributed by atoms with Gasteiger partial charge in [0.1, 0.15) is 0 Å². The molecular formula is C24H23ClN2O2. The molecule has 4 nitrogen and oxygen atoms in total. The van der Waals surface area contributed by atoms with Gasteiger partial charge in [0.25, 0.3) is 0 Å². The normalized spacial score (nSPS) is 18.7. The number of esters is 1. The van der Waals surface area contributed by atoms with Crippen LogP contribution in [0.25, 0.3) is 5.70 Å². The molecule has 2 aliphatic carbocycles. The Morgan fingerprint density at radius 1 is 1.14 bits per heavy atom. The predicted octanol–water partition coefficient (Wildman–Crippen LogP) is 5.65. The van der Waals surface area contributed by atoms with Gasteiger partial charge in [-0.15, -0.1) is 0 Å². The summed E-state index contributed by atoms with van der Waals surface area (Å²) in [4.78, 5) is 16.5. The van der Waals surface area contributed by atoms with Crippen LogP contribution in [0, 0.1) is 0 Å². The number of hydrogen-bond acceptors (Lipinski definition) is 4. The average molecular weight is 407 g/mol.